The van der Waals surface area contributed by atoms with Gasteiger partial charge < -0.3 is 15.6 Å². The van der Waals surface area contributed by atoms with E-state index in [2.05, 4.69) is 24.6 Å². The lowest BCUT2D eigenvalue weighted by molar-refractivity contribution is 0.410. The molecule has 2 fully saturated rings. The van der Waals surface area contributed by atoms with Crippen LogP contribution in [-0.4, -0.2) is 40.0 Å². The maximum Gasteiger partial charge on any atom is 0.263 e. The number of hydrogen-bond acceptors (Lipinski definition) is 7. The summed E-state index contributed by atoms with van der Waals surface area (Å²) < 4.78 is 31.0. The Morgan fingerprint density at radius 3 is 2.29 bits per heavy atom. The zero-order chi connectivity index (χ0) is 23.0. The molecule has 0 bridgehead atoms. The molecule has 2 heterocycles. The highest BCUT2D eigenvalue weighted by Crippen LogP contribution is 2.33. The van der Waals surface area contributed by atoms with Crippen molar-refractivity contribution >= 4 is 57.8 Å². The number of anilines is 2. The fourth-order valence-electron chi connectivity index (χ4n) is 4.85. The second-order valence-corrected chi connectivity index (χ2v) is 11.0. The quantitative estimate of drug-likeness (QED) is 0.416. The number of nitrogens with two attached hydrogens (primary N) is 1. The van der Waals surface area contributed by atoms with Gasteiger partial charge in [-0.05, 0) is 57.6 Å². The van der Waals surface area contributed by atoms with Crippen molar-refractivity contribution in [3.05, 3.63) is 36.2 Å². The van der Waals surface area contributed by atoms with Gasteiger partial charge >= 0.3 is 0 Å². The van der Waals surface area contributed by atoms with Crippen molar-refractivity contribution < 1.29 is 8.42 Å². The molecule has 0 amide bonds. The van der Waals surface area contributed by atoms with Gasteiger partial charge in [0.15, 0.2) is 17.0 Å². The number of fused-ring (bicyclic) bond motifs is 1. The van der Waals surface area contributed by atoms with E-state index in [1.165, 1.54) is 12.8 Å². The van der Waals surface area contributed by atoms with Crippen LogP contribution < -0.4 is 15.8 Å². The number of hydrogen-bond donors (Lipinski definition) is 3. The van der Waals surface area contributed by atoms with Crippen molar-refractivity contribution in [2.45, 2.75) is 81.3 Å². The molecule has 0 atom stereocenters. The van der Waals surface area contributed by atoms with Gasteiger partial charge in [0.05, 0.1) is 11.2 Å². The van der Waals surface area contributed by atoms with Crippen LogP contribution in [0.2, 0.25) is 0 Å². The van der Waals surface area contributed by atoms with Gasteiger partial charge in [0.1, 0.15) is 0 Å². The molecule has 9 nitrogen and oxygen atoms in total. The summed E-state index contributed by atoms with van der Waals surface area (Å²) in [6, 6.07) is 7.53. The largest absolute Gasteiger partial charge is 0.351 e. The van der Waals surface area contributed by atoms with Gasteiger partial charge in [0.2, 0.25) is 5.95 Å². The number of aromatic nitrogens is 4. The minimum absolute atomic E-state index is 0. The number of sulfonamides is 1. The molecule has 3 aromatic rings. The molecule has 12 heteroatoms. The third-order valence-electron chi connectivity index (χ3n) is 6.81. The predicted molar refractivity (Wildman–Crippen MR) is 143 cm³/mol. The Bertz CT molecular complexity index is 1240. The number of imidazole rings is 1. The Morgan fingerprint density at radius 1 is 0.971 bits per heavy atom. The molecule has 4 N–H and O–H groups in total. The van der Waals surface area contributed by atoms with Crippen LogP contribution in [0.3, 0.4) is 0 Å². The van der Waals surface area contributed by atoms with E-state index in [9.17, 15) is 8.42 Å². The molecule has 192 valence electrons. The van der Waals surface area contributed by atoms with E-state index in [4.69, 9.17) is 10.7 Å². The summed E-state index contributed by atoms with van der Waals surface area (Å²) in [6.07, 6.45) is 10.0. The number of nitrogens with one attached hydrogen (secondary N) is 2. The van der Waals surface area contributed by atoms with E-state index in [0.717, 1.165) is 44.1 Å². The van der Waals surface area contributed by atoms with Gasteiger partial charge in [-0.25, -0.2) is 13.4 Å². The van der Waals surface area contributed by atoms with Crippen LogP contribution in [-0.2, 0) is 10.0 Å². The third kappa shape index (κ3) is 5.99. The molecule has 2 aromatic heterocycles. The Labute approximate surface area is 218 Å². The number of aryl methyl sites for hydroxylation is 1. The predicted octanol–water partition coefficient (Wildman–Crippen LogP) is 4.58. The van der Waals surface area contributed by atoms with Crippen LogP contribution in [0.5, 0.6) is 0 Å². The van der Waals surface area contributed by atoms with Crippen LogP contribution in [0.15, 0.2) is 35.5 Å². The van der Waals surface area contributed by atoms with Gasteiger partial charge in [-0.1, -0.05) is 30.5 Å². The fourth-order valence-corrected chi connectivity index (χ4v) is 5.86. The van der Waals surface area contributed by atoms with E-state index >= 15 is 0 Å². The van der Waals surface area contributed by atoms with E-state index in [0.29, 0.717) is 23.2 Å². The third-order valence-corrected chi connectivity index (χ3v) is 8.16. The fraction of sp³-hybridized carbons (Fsp3) is 0.522. The van der Waals surface area contributed by atoms with E-state index in [-0.39, 0.29) is 47.6 Å². The molecule has 0 aliphatic heterocycles. The molecule has 35 heavy (non-hydrogen) atoms. The highest BCUT2D eigenvalue weighted by atomic mass is 35.5. The smallest absolute Gasteiger partial charge is 0.263 e. The second-order valence-electron chi connectivity index (χ2n) is 9.33. The molecule has 0 radical (unpaired) electrons. The van der Waals surface area contributed by atoms with E-state index < -0.39 is 10.0 Å². The van der Waals surface area contributed by atoms with Gasteiger partial charge in [0, 0.05) is 18.1 Å². The molecule has 0 unspecified atom stereocenters. The summed E-state index contributed by atoms with van der Waals surface area (Å²) in [7, 11) is -3.82. The monoisotopic (exact) mass is 541 g/mol. The van der Waals surface area contributed by atoms with Crippen LogP contribution in [0, 0.1) is 6.92 Å². The lowest BCUT2D eigenvalue weighted by atomic mass is 9.92. The van der Waals surface area contributed by atoms with Crippen molar-refractivity contribution in [1.29, 1.82) is 0 Å². The number of benzene rings is 1. The summed E-state index contributed by atoms with van der Waals surface area (Å²) in [4.78, 5) is 14.0. The average Bonchev–Trinajstić information content (AvgIpc) is 3.45. The van der Waals surface area contributed by atoms with Gasteiger partial charge in [-0.15, -0.1) is 24.8 Å². The van der Waals surface area contributed by atoms with Gasteiger partial charge in [-0.2, -0.15) is 9.97 Å². The molecular weight excluding hydrogens is 509 g/mol. The van der Waals surface area contributed by atoms with Crippen LogP contribution >= 0.6 is 24.8 Å². The number of halogens is 2. The lowest BCUT2D eigenvalue weighted by Crippen LogP contribution is -2.33. The van der Waals surface area contributed by atoms with Gasteiger partial charge in [0.25, 0.3) is 10.0 Å². The maximum atomic E-state index is 13.1. The van der Waals surface area contributed by atoms with E-state index in [1.807, 2.05) is 6.92 Å². The molecule has 1 aromatic carbocycles. The normalized spacial score (nSPS) is 20.7. The van der Waals surface area contributed by atoms with Crippen LogP contribution in [0.1, 0.15) is 63.0 Å². The first kappa shape index (κ1) is 27.4. The van der Waals surface area contributed by atoms with E-state index in [1.54, 1.807) is 30.6 Å². The summed E-state index contributed by atoms with van der Waals surface area (Å²) in [6.45, 7) is 1.92. The summed E-state index contributed by atoms with van der Waals surface area (Å²) in [5.41, 5.74) is 8.17. The Hall–Kier alpha value is -2.14. The summed E-state index contributed by atoms with van der Waals surface area (Å²) >= 11 is 0. The summed E-state index contributed by atoms with van der Waals surface area (Å²) in [5.74, 6) is 0.622. The molecule has 0 saturated heterocycles. The maximum absolute atomic E-state index is 13.1. The van der Waals surface area contributed by atoms with Crippen molar-refractivity contribution in [2.24, 2.45) is 5.73 Å². The van der Waals surface area contributed by atoms with Crippen LogP contribution in [0.25, 0.3) is 11.2 Å². The summed E-state index contributed by atoms with van der Waals surface area (Å²) in [5, 5.41) is 3.42. The molecule has 2 saturated carbocycles. The standard InChI is InChI=1S/C23H31N7O2S.2ClH/c1-15-6-12-19(13-7-15)33(31,32)29-21-20-22(30(14-25-20)18-4-2-3-5-18)28-23(27-21)26-17-10-8-16(24)9-11-17;;/h6-7,12-14,16-18H,2-5,8-11,24H2,1H3,(H2,26,27,28,29);2*1H. The molecule has 2 aliphatic carbocycles. The first-order valence-electron chi connectivity index (χ1n) is 11.8. The van der Waals surface area contributed by atoms with Crippen molar-refractivity contribution in [3.8, 4) is 0 Å². The first-order chi connectivity index (χ1) is 15.9. The highest BCUT2D eigenvalue weighted by molar-refractivity contribution is 7.92. The average molecular weight is 543 g/mol. The Kier molecular flexibility index (Phi) is 8.85. The van der Waals surface area contributed by atoms with Gasteiger partial charge in [-0.3, -0.25) is 4.72 Å². The number of rotatable bonds is 6. The topological polar surface area (TPSA) is 128 Å². The first-order valence-corrected chi connectivity index (χ1v) is 13.2. The second kappa shape index (κ2) is 11.3. The molecule has 5 rings (SSSR count). The molecule has 2 aliphatic rings. The van der Waals surface area contributed by atoms with Crippen molar-refractivity contribution in [3.63, 3.8) is 0 Å². The van der Waals surface area contributed by atoms with Crippen molar-refractivity contribution in [1.82, 2.24) is 19.5 Å². The minimum atomic E-state index is -3.82. The zero-order valence-corrected chi connectivity index (χ0v) is 22.1. The zero-order valence-electron chi connectivity index (χ0n) is 19.7. The number of nitrogens with zero attached hydrogens (tertiary/aromatic N) is 4. The highest BCUT2D eigenvalue weighted by Gasteiger charge is 2.25. The van der Waals surface area contributed by atoms with Crippen LogP contribution in [0.4, 0.5) is 11.8 Å². The van der Waals surface area contributed by atoms with Crippen molar-refractivity contribution in [2.75, 3.05) is 10.0 Å². The SMILES string of the molecule is Cc1ccc(S(=O)(=O)Nc2nc(NC3CCC(N)CC3)nc3c2ncn3C2CCCC2)cc1.Cl.Cl. The minimum Gasteiger partial charge on any atom is -0.351 e. The molecule has 0 spiro atoms. The Balaban J connectivity index is 0.00000171. The Morgan fingerprint density at radius 2 is 1.63 bits per heavy atom. The molecular formula is C23H33Cl2N7O2S. The lowest BCUT2D eigenvalue weighted by Gasteiger charge is -2.27.